The second-order valence-electron chi connectivity index (χ2n) is 7.89. The fraction of sp³-hybridized carbons (Fsp3) is 0.500. The van der Waals surface area contributed by atoms with E-state index in [4.69, 9.17) is 0 Å². The Balaban J connectivity index is 1.60. The highest BCUT2D eigenvalue weighted by molar-refractivity contribution is 7.89. The molecule has 1 aromatic carbocycles. The Bertz CT molecular complexity index is 1020. The van der Waals surface area contributed by atoms with Gasteiger partial charge in [-0.15, -0.1) is 0 Å². The molecular formula is C20H26F3N5O2S. The Labute approximate surface area is 180 Å². The smallest absolute Gasteiger partial charge is 0.367 e. The molecule has 3 rings (SSSR count). The van der Waals surface area contributed by atoms with E-state index in [2.05, 4.69) is 20.0 Å². The van der Waals surface area contributed by atoms with Crippen LogP contribution in [0.2, 0.25) is 0 Å². The molecule has 0 amide bonds. The molecule has 0 spiro atoms. The minimum atomic E-state index is -4.60. The molecule has 170 valence electrons. The van der Waals surface area contributed by atoms with Crippen molar-refractivity contribution in [3.05, 3.63) is 41.7 Å². The number of benzene rings is 1. The summed E-state index contributed by atoms with van der Waals surface area (Å²) in [5.41, 5.74) is -0.986. The lowest BCUT2D eigenvalue weighted by Crippen LogP contribution is -2.40. The van der Waals surface area contributed by atoms with Crippen molar-refractivity contribution < 1.29 is 21.6 Å². The number of alkyl halides is 3. The van der Waals surface area contributed by atoms with Gasteiger partial charge in [-0.1, -0.05) is 6.07 Å². The predicted octanol–water partition coefficient (Wildman–Crippen LogP) is 3.57. The number of hydrogen-bond donors (Lipinski definition) is 2. The molecule has 0 saturated heterocycles. The summed E-state index contributed by atoms with van der Waals surface area (Å²) >= 11 is 0. The van der Waals surface area contributed by atoms with Crippen LogP contribution in [-0.4, -0.2) is 44.6 Å². The zero-order valence-electron chi connectivity index (χ0n) is 17.6. The van der Waals surface area contributed by atoms with Crippen LogP contribution in [0.25, 0.3) is 0 Å². The van der Waals surface area contributed by atoms with Gasteiger partial charge in [-0.25, -0.2) is 23.1 Å². The van der Waals surface area contributed by atoms with Crippen molar-refractivity contribution in [1.82, 2.24) is 14.7 Å². The molecule has 1 aromatic heterocycles. The van der Waals surface area contributed by atoms with Gasteiger partial charge in [0.15, 0.2) is 0 Å². The van der Waals surface area contributed by atoms with Gasteiger partial charge in [0.1, 0.15) is 17.5 Å². The molecular weight excluding hydrogens is 431 g/mol. The van der Waals surface area contributed by atoms with E-state index in [-0.39, 0.29) is 17.0 Å². The average Bonchev–Trinajstić information content (AvgIpc) is 2.68. The van der Waals surface area contributed by atoms with Crippen LogP contribution in [0.15, 0.2) is 35.2 Å². The lowest BCUT2D eigenvalue weighted by atomic mass is 9.92. The minimum absolute atomic E-state index is 0.124. The van der Waals surface area contributed by atoms with Crippen LogP contribution in [0.1, 0.15) is 37.1 Å². The molecule has 0 unspecified atom stereocenters. The molecule has 1 aliphatic carbocycles. The van der Waals surface area contributed by atoms with Gasteiger partial charge in [-0.05, 0) is 50.8 Å². The summed E-state index contributed by atoms with van der Waals surface area (Å²) in [5.74, 6) is 2.15. The first kappa shape index (κ1) is 23.3. The number of nitrogens with one attached hydrogen (secondary N) is 2. The Morgan fingerprint density at radius 3 is 2.29 bits per heavy atom. The van der Waals surface area contributed by atoms with E-state index < -0.39 is 21.8 Å². The molecule has 0 atom stereocenters. The van der Waals surface area contributed by atoms with E-state index in [0.717, 1.165) is 18.0 Å². The normalized spacial score (nSPS) is 19.8. The first-order valence-electron chi connectivity index (χ1n) is 9.93. The van der Waals surface area contributed by atoms with Crippen LogP contribution >= 0.6 is 0 Å². The highest BCUT2D eigenvalue weighted by Crippen LogP contribution is 2.31. The predicted molar refractivity (Wildman–Crippen MR) is 113 cm³/mol. The summed E-state index contributed by atoms with van der Waals surface area (Å²) in [4.78, 5) is 10.3. The van der Waals surface area contributed by atoms with E-state index in [1.807, 2.05) is 32.0 Å². The quantitative estimate of drug-likeness (QED) is 0.690. The minimum Gasteiger partial charge on any atom is -0.367 e. The standard InChI is InChI=1S/C20H26F3N5O2S/c1-13-24-18(12-19(25-13)28(2)3)26-15-7-9-16(10-8-15)27-31(29,30)17-6-4-5-14(11-17)20(21,22)23/h4-6,11-12,15-16,27H,7-10H2,1-3H3,(H,24,25,26). The molecule has 0 bridgehead atoms. The van der Waals surface area contributed by atoms with E-state index >= 15 is 0 Å². The molecule has 1 fully saturated rings. The number of aromatic nitrogens is 2. The molecule has 11 heteroatoms. The van der Waals surface area contributed by atoms with Crippen molar-refractivity contribution in [3.8, 4) is 0 Å². The molecule has 1 saturated carbocycles. The fourth-order valence-corrected chi connectivity index (χ4v) is 4.90. The molecule has 2 aromatic rings. The molecule has 7 nitrogen and oxygen atoms in total. The van der Waals surface area contributed by atoms with Crippen LogP contribution in [0.3, 0.4) is 0 Å². The van der Waals surface area contributed by atoms with Crippen molar-refractivity contribution >= 4 is 21.7 Å². The van der Waals surface area contributed by atoms with Crippen molar-refractivity contribution in [2.24, 2.45) is 0 Å². The summed E-state index contributed by atoms with van der Waals surface area (Å²) in [7, 11) is -0.244. The number of aryl methyl sites for hydroxylation is 1. The number of nitrogens with zero attached hydrogens (tertiary/aromatic N) is 3. The maximum atomic E-state index is 12.9. The Morgan fingerprint density at radius 1 is 1.03 bits per heavy atom. The molecule has 1 aliphatic rings. The first-order valence-corrected chi connectivity index (χ1v) is 11.4. The van der Waals surface area contributed by atoms with Gasteiger partial charge in [0.25, 0.3) is 0 Å². The van der Waals surface area contributed by atoms with E-state index in [0.29, 0.717) is 43.4 Å². The number of rotatable bonds is 6. The monoisotopic (exact) mass is 457 g/mol. The topological polar surface area (TPSA) is 87.2 Å². The van der Waals surface area contributed by atoms with Crippen LogP contribution in [0, 0.1) is 6.92 Å². The lowest BCUT2D eigenvalue weighted by Gasteiger charge is -2.30. The number of hydrogen-bond acceptors (Lipinski definition) is 6. The fourth-order valence-electron chi connectivity index (χ4n) is 3.55. The van der Waals surface area contributed by atoms with Crippen molar-refractivity contribution in [2.45, 2.75) is 55.8 Å². The third kappa shape index (κ3) is 6.07. The maximum absolute atomic E-state index is 12.9. The Hall–Kier alpha value is -2.40. The SMILES string of the molecule is Cc1nc(NC2CCC(NS(=O)(=O)c3cccc(C(F)(F)F)c3)CC2)cc(N(C)C)n1. The van der Waals surface area contributed by atoms with Gasteiger partial charge in [0.05, 0.1) is 10.5 Å². The third-order valence-electron chi connectivity index (χ3n) is 5.16. The Morgan fingerprint density at radius 2 is 1.68 bits per heavy atom. The van der Waals surface area contributed by atoms with Gasteiger partial charge in [0, 0.05) is 32.2 Å². The van der Waals surface area contributed by atoms with Gasteiger partial charge in [-0.2, -0.15) is 13.2 Å². The van der Waals surface area contributed by atoms with E-state index in [1.165, 1.54) is 6.07 Å². The molecule has 0 aliphatic heterocycles. The third-order valence-corrected chi connectivity index (χ3v) is 6.67. The maximum Gasteiger partial charge on any atom is 0.416 e. The second-order valence-corrected chi connectivity index (χ2v) is 9.61. The highest BCUT2D eigenvalue weighted by atomic mass is 32.2. The zero-order chi connectivity index (χ0) is 22.8. The lowest BCUT2D eigenvalue weighted by molar-refractivity contribution is -0.137. The first-order chi connectivity index (χ1) is 14.4. The highest BCUT2D eigenvalue weighted by Gasteiger charge is 2.32. The van der Waals surface area contributed by atoms with Gasteiger partial charge in [-0.3, -0.25) is 0 Å². The summed E-state index contributed by atoms with van der Waals surface area (Å²) in [6.07, 6.45) is -2.05. The second kappa shape index (κ2) is 8.99. The molecule has 31 heavy (non-hydrogen) atoms. The Kier molecular flexibility index (Phi) is 6.75. The van der Waals surface area contributed by atoms with Crippen molar-refractivity contribution in [3.63, 3.8) is 0 Å². The van der Waals surface area contributed by atoms with Crippen LogP contribution in [-0.2, 0) is 16.2 Å². The number of halogens is 3. The summed E-state index contributed by atoms with van der Waals surface area (Å²) < 4.78 is 66.4. The van der Waals surface area contributed by atoms with Crippen LogP contribution < -0.4 is 14.9 Å². The average molecular weight is 458 g/mol. The zero-order valence-corrected chi connectivity index (χ0v) is 18.4. The molecule has 2 N–H and O–H groups in total. The van der Waals surface area contributed by atoms with Crippen LogP contribution in [0.5, 0.6) is 0 Å². The van der Waals surface area contributed by atoms with E-state index in [9.17, 15) is 21.6 Å². The largest absolute Gasteiger partial charge is 0.416 e. The number of sulfonamides is 1. The summed E-state index contributed by atoms with van der Waals surface area (Å²) in [6, 6.07) is 5.44. The van der Waals surface area contributed by atoms with E-state index in [1.54, 1.807) is 0 Å². The van der Waals surface area contributed by atoms with Gasteiger partial charge >= 0.3 is 6.18 Å². The van der Waals surface area contributed by atoms with Crippen molar-refractivity contribution in [1.29, 1.82) is 0 Å². The van der Waals surface area contributed by atoms with Crippen molar-refractivity contribution in [2.75, 3.05) is 24.3 Å². The summed E-state index contributed by atoms with van der Waals surface area (Å²) in [6.45, 7) is 1.82. The summed E-state index contributed by atoms with van der Waals surface area (Å²) in [5, 5.41) is 3.38. The molecule has 0 radical (unpaired) electrons. The number of anilines is 2. The van der Waals surface area contributed by atoms with Crippen LogP contribution in [0.4, 0.5) is 24.8 Å². The molecule has 1 heterocycles. The van der Waals surface area contributed by atoms with Gasteiger partial charge < -0.3 is 10.2 Å². The van der Waals surface area contributed by atoms with Gasteiger partial charge in [0.2, 0.25) is 10.0 Å².